The fraction of sp³-hybridized carbons (Fsp3) is 0.714. The minimum atomic E-state index is 0. The maximum atomic E-state index is 12.5. The number of carbonyl (C=O) groups is 1. The lowest BCUT2D eigenvalue weighted by molar-refractivity contribution is -0.138. The van der Waals surface area contributed by atoms with Crippen molar-refractivity contribution in [1.82, 2.24) is 20.0 Å². The van der Waals surface area contributed by atoms with Crippen LogP contribution in [0.3, 0.4) is 0 Å². The summed E-state index contributed by atoms with van der Waals surface area (Å²) in [5, 5.41) is 7.68. The summed E-state index contributed by atoms with van der Waals surface area (Å²) in [4.78, 5) is 14.6. The highest BCUT2D eigenvalue weighted by Crippen LogP contribution is 2.36. The van der Waals surface area contributed by atoms with Gasteiger partial charge in [-0.25, -0.2) is 0 Å². The average Bonchev–Trinajstić information content (AvgIpc) is 2.83. The molecule has 2 saturated heterocycles. The number of amides is 1. The van der Waals surface area contributed by atoms with Gasteiger partial charge in [-0.1, -0.05) is 0 Å². The number of nitrogens with one attached hydrogen (secondary N) is 1. The second-order valence-electron chi connectivity index (χ2n) is 5.75. The summed E-state index contributed by atoms with van der Waals surface area (Å²) in [7, 11) is 1.97. The fourth-order valence-electron chi connectivity index (χ4n) is 3.30. The summed E-state index contributed by atoms with van der Waals surface area (Å²) in [5.41, 5.74) is 3.52. The van der Waals surface area contributed by atoms with E-state index in [0.717, 1.165) is 38.2 Å². The highest BCUT2D eigenvalue weighted by molar-refractivity contribution is 5.85. The molecule has 0 spiro atoms. The first-order chi connectivity index (χ1) is 9.09. The molecule has 0 aliphatic carbocycles. The van der Waals surface area contributed by atoms with Crippen LogP contribution in [-0.2, 0) is 11.8 Å². The molecule has 1 aromatic rings. The lowest BCUT2D eigenvalue weighted by Gasteiger charge is -2.33. The van der Waals surface area contributed by atoms with Crippen LogP contribution in [0, 0.1) is 19.8 Å². The van der Waals surface area contributed by atoms with Crippen LogP contribution in [0.15, 0.2) is 0 Å². The van der Waals surface area contributed by atoms with Crippen LogP contribution < -0.4 is 5.32 Å². The van der Waals surface area contributed by atoms with Crippen LogP contribution in [0.5, 0.6) is 0 Å². The number of hydrogen-bond donors (Lipinski definition) is 1. The van der Waals surface area contributed by atoms with E-state index in [4.69, 9.17) is 0 Å². The zero-order valence-electron chi connectivity index (χ0n) is 12.3. The molecule has 2 aliphatic heterocycles. The van der Waals surface area contributed by atoms with Gasteiger partial charge in [-0.05, 0) is 26.7 Å². The number of aryl methyl sites for hydroxylation is 2. The van der Waals surface area contributed by atoms with E-state index in [-0.39, 0.29) is 24.4 Å². The van der Waals surface area contributed by atoms with Gasteiger partial charge in [-0.3, -0.25) is 9.48 Å². The molecule has 0 bridgehead atoms. The van der Waals surface area contributed by atoms with E-state index in [1.807, 2.05) is 18.7 Å². The van der Waals surface area contributed by atoms with E-state index in [2.05, 4.69) is 22.2 Å². The van der Waals surface area contributed by atoms with E-state index in [9.17, 15) is 4.79 Å². The minimum absolute atomic E-state index is 0. The van der Waals surface area contributed by atoms with Gasteiger partial charge < -0.3 is 10.2 Å². The monoisotopic (exact) mass is 298 g/mol. The molecule has 5 nitrogen and oxygen atoms in total. The number of likely N-dealkylation sites (tertiary alicyclic amines) is 1. The molecule has 0 aromatic carbocycles. The van der Waals surface area contributed by atoms with Crippen LogP contribution in [-0.4, -0.2) is 40.2 Å². The second-order valence-corrected chi connectivity index (χ2v) is 5.75. The molecular weight excluding hydrogens is 276 g/mol. The Morgan fingerprint density at radius 1 is 1.35 bits per heavy atom. The maximum absolute atomic E-state index is 12.5. The summed E-state index contributed by atoms with van der Waals surface area (Å²) >= 11 is 0. The Morgan fingerprint density at radius 3 is 2.55 bits per heavy atom. The number of aromatic nitrogens is 2. The van der Waals surface area contributed by atoms with Gasteiger partial charge in [0.2, 0.25) is 5.91 Å². The third-order valence-corrected chi connectivity index (χ3v) is 4.56. The second kappa shape index (κ2) is 5.74. The van der Waals surface area contributed by atoms with Gasteiger partial charge in [0.25, 0.3) is 0 Å². The van der Waals surface area contributed by atoms with Gasteiger partial charge in [0.1, 0.15) is 0 Å². The molecule has 20 heavy (non-hydrogen) atoms. The molecule has 1 unspecified atom stereocenters. The van der Waals surface area contributed by atoms with Crippen molar-refractivity contribution in [2.45, 2.75) is 32.7 Å². The number of nitrogens with zero attached hydrogens (tertiary/aromatic N) is 3. The number of hydrogen-bond acceptors (Lipinski definition) is 3. The van der Waals surface area contributed by atoms with Gasteiger partial charge in [0.15, 0.2) is 0 Å². The third kappa shape index (κ3) is 2.33. The van der Waals surface area contributed by atoms with Crippen LogP contribution in [0.1, 0.15) is 35.8 Å². The molecule has 0 radical (unpaired) electrons. The normalized spacial score (nSPS) is 22.6. The maximum Gasteiger partial charge on any atom is 0.228 e. The summed E-state index contributed by atoms with van der Waals surface area (Å²) in [6.45, 7) is 6.73. The van der Waals surface area contributed by atoms with Crippen molar-refractivity contribution in [3.05, 3.63) is 17.0 Å². The zero-order chi connectivity index (χ0) is 13.6. The van der Waals surface area contributed by atoms with Crippen LogP contribution in [0.2, 0.25) is 0 Å². The van der Waals surface area contributed by atoms with Crippen LogP contribution >= 0.6 is 12.4 Å². The Morgan fingerprint density at radius 2 is 2.05 bits per heavy atom. The molecular formula is C14H23ClN4O. The first-order valence-electron chi connectivity index (χ1n) is 7.11. The summed E-state index contributed by atoms with van der Waals surface area (Å²) in [6.07, 6.45) is 2.17. The minimum Gasteiger partial charge on any atom is -0.335 e. The SMILES string of the molecule is Cc1nn(C)c(C)c1C1CCCN1C(=O)C1CNC1.Cl. The topological polar surface area (TPSA) is 50.2 Å². The molecule has 2 fully saturated rings. The van der Waals surface area contributed by atoms with Crippen molar-refractivity contribution in [2.24, 2.45) is 13.0 Å². The molecule has 2 aliphatic rings. The third-order valence-electron chi connectivity index (χ3n) is 4.56. The van der Waals surface area contributed by atoms with E-state index in [1.165, 1.54) is 11.3 Å². The van der Waals surface area contributed by atoms with Crippen molar-refractivity contribution in [2.75, 3.05) is 19.6 Å². The van der Waals surface area contributed by atoms with Crippen LogP contribution in [0.4, 0.5) is 0 Å². The Balaban J connectivity index is 0.00000147. The number of rotatable bonds is 2. The Bertz CT molecular complexity index is 510. The lowest BCUT2D eigenvalue weighted by Crippen LogP contribution is -2.51. The van der Waals surface area contributed by atoms with E-state index in [1.54, 1.807) is 0 Å². The molecule has 1 amide bonds. The Hall–Kier alpha value is -1.07. The molecule has 3 rings (SSSR count). The quantitative estimate of drug-likeness (QED) is 0.896. The van der Waals surface area contributed by atoms with Gasteiger partial charge >= 0.3 is 0 Å². The fourth-order valence-corrected chi connectivity index (χ4v) is 3.30. The molecule has 1 aromatic heterocycles. The first-order valence-corrected chi connectivity index (χ1v) is 7.11. The molecule has 1 atom stereocenters. The van der Waals surface area contributed by atoms with Crippen LogP contribution in [0.25, 0.3) is 0 Å². The first kappa shape index (κ1) is 15.3. The molecule has 1 N–H and O–H groups in total. The number of carbonyl (C=O) groups excluding carboxylic acids is 1. The van der Waals surface area contributed by atoms with Gasteiger partial charge in [-0.2, -0.15) is 5.10 Å². The predicted octanol–water partition coefficient (Wildman–Crippen LogP) is 1.34. The Kier molecular flexibility index (Phi) is 4.39. The summed E-state index contributed by atoms with van der Waals surface area (Å²) in [5.74, 6) is 0.516. The molecule has 0 saturated carbocycles. The highest BCUT2D eigenvalue weighted by atomic mass is 35.5. The molecule has 112 valence electrons. The summed E-state index contributed by atoms with van der Waals surface area (Å²) in [6, 6.07) is 0.238. The summed E-state index contributed by atoms with van der Waals surface area (Å²) < 4.78 is 1.93. The van der Waals surface area contributed by atoms with Gasteiger partial charge in [0, 0.05) is 37.9 Å². The van der Waals surface area contributed by atoms with Crippen molar-refractivity contribution in [1.29, 1.82) is 0 Å². The lowest BCUT2D eigenvalue weighted by atomic mass is 9.98. The largest absolute Gasteiger partial charge is 0.335 e. The number of halogens is 1. The zero-order valence-corrected chi connectivity index (χ0v) is 13.2. The van der Waals surface area contributed by atoms with Crippen molar-refractivity contribution in [3.63, 3.8) is 0 Å². The average molecular weight is 299 g/mol. The Labute approximate surface area is 126 Å². The van der Waals surface area contributed by atoms with E-state index >= 15 is 0 Å². The highest BCUT2D eigenvalue weighted by Gasteiger charge is 2.38. The van der Waals surface area contributed by atoms with E-state index in [0.29, 0.717) is 5.91 Å². The van der Waals surface area contributed by atoms with Crippen molar-refractivity contribution >= 4 is 18.3 Å². The van der Waals surface area contributed by atoms with Crippen molar-refractivity contribution < 1.29 is 4.79 Å². The van der Waals surface area contributed by atoms with Gasteiger partial charge in [0.05, 0.1) is 17.7 Å². The van der Waals surface area contributed by atoms with E-state index < -0.39 is 0 Å². The van der Waals surface area contributed by atoms with Gasteiger partial charge in [-0.15, -0.1) is 12.4 Å². The molecule has 3 heterocycles. The van der Waals surface area contributed by atoms with Crippen molar-refractivity contribution in [3.8, 4) is 0 Å². The molecule has 6 heteroatoms. The smallest absolute Gasteiger partial charge is 0.228 e. The predicted molar refractivity (Wildman–Crippen MR) is 80.0 cm³/mol. The standard InChI is InChI=1S/C14H22N4O.ClH/c1-9-13(10(2)17(3)16-9)12-5-4-6-18(12)14(19)11-7-15-8-11;/h11-12,15H,4-8H2,1-3H3;1H.